The summed E-state index contributed by atoms with van der Waals surface area (Å²) in [5.41, 5.74) is -3.12. The molecule has 10 heteroatoms. The van der Waals surface area contributed by atoms with E-state index >= 15 is 0 Å². The van der Waals surface area contributed by atoms with Crippen LogP contribution in [-0.4, -0.2) is 33.2 Å². The van der Waals surface area contributed by atoms with Gasteiger partial charge >= 0.3 is 6.18 Å². The summed E-state index contributed by atoms with van der Waals surface area (Å²) >= 11 is 0. The number of hydrogen-bond donors (Lipinski definition) is 2. The minimum Gasteiger partial charge on any atom is -0.317 e. The Bertz CT molecular complexity index is 1070. The number of benzene rings is 2. The number of imidazole rings is 1. The van der Waals surface area contributed by atoms with Gasteiger partial charge in [-0.25, -0.2) is 13.9 Å². The predicted octanol–water partition coefficient (Wildman–Crippen LogP) is 2.93. The first-order chi connectivity index (χ1) is 12.7. The maximum atomic E-state index is 13.8. The molecule has 1 amide bonds. The number of fused-ring (bicyclic) bond motifs is 3. The van der Waals surface area contributed by atoms with Gasteiger partial charge in [-0.3, -0.25) is 9.59 Å². The van der Waals surface area contributed by atoms with Crippen LogP contribution in [0.15, 0.2) is 48.5 Å². The lowest BCUT2D eigenvalue weighted by molar-refractivity contribution is -0.169. The molecule has 2 heterocycles. The van der Waals surface area contributed by atoms with Crippen LogP contribution in [0.2, 0.25) is 0 Å². The van der Waals surface area contributed by atoms with Crippen LogP contribution in [0.5, 0.6) is 0 Å². The van der Waals surface area contributed by atoms with Gasteiger partial charge in [0.15, 0.2) is 0 Å². The number of halogens is 4. The lowest BCUT2D eigenvalue weighted by atomic mass is 10.1. The van der Waals surface area contributed by atoms with Crippen molar-refractivity contribution < 1.29 is 27.2 Å². The maximum Gasteiger partial charge on any atom is 0.440 e. The molecule has 0 unspecified atom stereocenters. The molecule has 1 aliphatic rings. The second-order valence-corrected chi connectivity index (χ2v) is 5.90. The SMILES string of the molecule is O=C(N[C@]1(C(F)(F)F)Nc2nc3ccccc3n2C1=O)c1ccc(F)cc1. The van der Waals surface area contributed by atoms with Crippen LogP contribution in [0.25, 0.3) is 11.0 Å². The second-order valence-electron chi connectivity index (χ2n) is 5.90. The van der Waals surface area contributed by atoms with Gasteiger partial charge in [0.25, 0.3) is 17.5 Å². The van der Waals surface area contributed by atoms with Crippen molar-refractivity contribution in [1.82, 2.24) is 14.9 Å². The fraction of sp³-hybridized carbons (Fsp3) is 0.118. The van der Waals surface area contributed by atoms with Gasteiger partial charge in [0.05, 0.1) is 11.0 Å². The number of nitrogens with one attached hydrogen (secondary N) is 2. The quantitative estimate of drug-likeness (QED) is 0.673. The molecule has 2 N–H and O–H groups in total. The number of hydrogen-bond acceptors (Lipinski definition) is 4. The Kier molecular flexibility index (Phi) is 3.48. The van der Waals surface area contributed by atoms with E-state index in [9.17, 15) is 27.2 Å². The second kappa shape index (κ2) is 5.53. The Balaban J connectivity index is 1.77. The Morgan fingerprint density at radius 3 is 2.44 bits per heavy atom. The third-order valence-corrected chi connectivity index (χ3v) is 4.22. The summed E-state index contributed by atoms with van der Waals surface area (Å²) in [6.07, 6.45) is -5.17. The van der Waals surface area contributed by atoms with E-state index in [1.807, 2.05) is 5.32 Å². The van der Waals surface area contributed by atoms with Crippen molar-refractivity contribution in [3.05, 3.63) is 59.9 Å². The highest BCUT2D eigenvalue weighted by Gasteiger charge is 2.66. The van der Waals surface area contributed by atoms with E-state index in [4.69, 9.17) is 0 Å². The number of rotatable bonds is 2. The molecule has 2 aromatic carbocycles. The summed E-state index contributed by atoms with van der Waals surface area (Å²) < 4.78 is 55.3. The van der Waals surface area contributed by atoms with Gasteiger partial charge in [-0.15, -0.1) is 0 Å². The third kappa shape index (κ3) is 2.44. The van der Waals surface area contributed by atoms with Gasteiger partial charge in [-0.05, 0) is 36.4 Å². The molecular weight excluding hydrogens is 368 g/mol. The molecule has 6 nitrogen and oxygen atoms in total. The van der Waals surface area contributed by atoms with Crippen molar-refractivity contribution in [2.45, 2.75) is 11.8 Å². The summed E-state index contributed by atoms with van der Waals surface area (Å²) in [7, 11) is 0. The first-order valence-corrected chi connectivity index (χ1v) is 7.68. The summed E-state index contributed by atoms with van der Waals surface area (Å²) in [5, 5.41) is 3.72. The van der Waals surface area contributed by atoms with Crippen LogP contribution < -0.4 is 10.6 Å². The average molecular weight is 378 g/mol. The van der Waals surface area contributed by atoms with E-state index in [1.165, 1.54) is 6.07 Å². The number of para-hydroxylation sites is 2. The van der Waals surface area contributed by atoms with Crippen molar-refractivity contribution >= 4 is 28.8 Å². The lowest BCUT2D eigenvalue weighted by Crippen LogP contribution is -2.67. The number of carbonyl (C=O) groups excluding carboxylic acids is 2. The van der Waals surface area contributed by atoms with E-state index in [0.717, 1.165) is 28.8 Å². The van der Waals surface area contributed by atoms with Gasteiger partial charge in [0.1, 0.15) is 5.82 Å². The van der Waals surface area contributed by atoms with Crippen molar-refractivity contribution in [3.8, 4) is 0 Å². The fourth-order valence-electron chi connectivity index (χ4n) is 2.90. The fourth-order valence-corrected chi connectivity index (χ4v) is 2.90. The topological polar surface area (TPSA) is 76.0 Å². The summed E-state index contributed by atoms with van der Waals surface area (Å²) in [4.78, 5) is 29.0. The third-order valence-electron chi connectivity index (χ3n) is 4.22. The minimum absolute atomic E-state index is 0.173. The smallest absolute Gasteiger partial charge is 0.317 e. The Hall–Kier alpha value is -3.43. The van der Waals surface area contributed by atoms with E-state index in [1.54, 1.807) is 23.5 Å². The number of aromatic nitrogens is 2. The van der Waals surface area contributed by atoms with Gasteiger partial charge in [-0.2, -0.15) is 13.2 Å². The Morgan fingerprint density at radius 1 is 1.11 bits per heavy atom. The molecule has 0 fully saturated rings. The Labute approximate surface area is 148 Å². The van der Waals surface area contributed by atoms with Crippen LogP contribution in [0.1, 0.15) is 15.2 Å². The molecule has 0 aliphatic carbocycles. The Morgan fingerprint density at radius 2 is 1.78 bits per heavy atom. The molecule has 4 rings (SSSR count). The zero-order chi connectivity index (χ0) is 19.4. The zero-order valence-electron chi connectivity index (χ0n) is 13.3. The van der Waals surface area contributed by atoms with Crippen molar-refractivity contribution in [1.29, 1.82) is 0 Å². The van der Waals surface area contributed by atoms with Crippen molar-refractivity contribution in [2.75, 3.05) is 5.32 Å². The highest BCUT2D eigenvalue weighted by Crippen LogP contribution is 2.39. The maximum absolute atomic E-state index is 13.8. The van der Waals surface area contributed by atoms with Crippen LogP contribution >= 0.6 is 0 Å². The normalized spacial score (nSPS) is 19.0. The molecule has 1 aromatic heterocycles. The molecule has 138 valence electrons. The monoisotopic (exact) mass is 378 g/mol. The standard InChI is InChI=1S/C17H10F4N4O2/c18-10-7-5-9(6-8-10)13(26)23-16(17(19,20)21)14(27)25-12-4-2-1-3-11(12)22-15(25)24-16/h1-8H,(H,22,24)(H,23,26)/t16-/m0/s1. The predicted molar refractivity (Wildman–Crippen MR) is 86.6 cm³/mol. The van der Waals surface area contributed by atoms with Crippen LogP contribution in [0, 0.1) is 5.82 Å². The molecule has 1 aliphatic heterocycles. The molecular formula is C17H10F4N4O2. The van der Waals surface area contributed by atoms with Gasteiger partial charge in [-0.1, -0.05) is 12.1 Å². The highest BCUT2D eigenvalue weighted by molar-refractivity contribution is 6.08. The number of amides is 1. The number of nitrogens with zero attached hydrogens (tertiary/aromatic N) is 2. The molecule has 1 atom stereocenters. The highest BCUT2D eigenvalue weighted by atomic mass is 19.4. The number of carbonyl (C=O) groups is 2. The number of alkyl halides is 3. The zero-order valence-corrected chi connectivity index (χ0v) is 13.3. The van der Waals surface area contributed by atoms with E-state index in [-0.39, 0.29) is 17.0 Å². The molecule has 0 saturated heterocycles. The molecule has 0 radical (unpaired) electrons. The van der Waals surface area contributed by atoms with Gasteiger partial charge in [0, 0.05) is 5.56 Å². The molecule has 27 heavy (non-hydrogen) atoms. The molecule has 0 bridgehead atoms. The summed E-state index contributed by atoms with van der Waals surface area (Å²) in [6, 6.07) is 10.1. The largest absolute Gasteiger partial charge is 0.440 e. The summed E-state index contributed by atoms with van der Waals surface area (Å²) in [6.45, 7) is 0. The van der Waals surface area contributed by atoms with Crippen molar-refractivity contribution in [2.24, 2.45) is 0 Å². The van der Waals surface area contributed by atoms with Crippen LogP contribution in [0.3, 0.4) is 0 Å². The van der Waals surface area contributed by atoms with Crippen molar-refractivity contribution in [3.63, 3.8) is 0 Å². The van der Waals surface area contributed by atoms with Crippen LogP contribution in [-0.2, 0) is 0 Å². The first kappa shape index (κ1) is 17.0. The van der Waals surface area contributed by atoms with Gasteiger partial charge in [0.2, 0.25) is 5.95 Å². The lowest BCUT2D eigenvalue weighted by Gasteiger charge is -2.30. The summed E-state index contributed by atoms with van der Waals surface area (Å²) in [5.74, 6) is -3.62. The number of anilines is 1. The van der Waals surface area contributed by atoms with E-state index in [0.29, 0.717) is 5.52 Å². The van der Waals surface area contributed by atoms with Gasteiger partial charge < -0.3 is 10.6 Å². The van der Waals surface area contributed by atoms with E-state index < -0.39 is 29.5 Å². The minimum atomic E-state index is -5.17. The van der Waals surface area contributed by atoms with E-state index in [2.05, 4.69) is 4.98 Å². The average Bonchev–Trinajstić information content (AvgIpc) is 3.10. The molecule has 3 aromatic rings. The first-order valence-electron chi connectivity index (χ1n) is 7.68. The van der Waals surface area contributed by atoms with Crippen LogP contribution in [0.4, 0.5) is 23.5 Å². The molecule has 0 spiro atoms. The molecule has 0 saturated carbocycles.